The first kappa shape index (κ1) is 18.6. The number of imidazole rings is 1. The Morgan fingerprint density at radius 1 is 1.14 bits per heavy atom. The molecule has 1 saturated heterocycles. The minimum Gasteiger partial charge on any atom is -0.339 e. The molecule has 0 aliphatic carbocycles. The Hall–Kier alpha value is -2.72. The Balaban J connectivity index is 1.46. The van der Waals surface area contributed by atoms with Crippen molar-refractivity contribution in [3.05, 3.63) is 49.6 Å². The highest BCUT2D eigenvalue weighted by atomic mass is 32.1. The molecule has 0 spiro atoms. The van der Waals surface area contributed by atoms with Crippen LogP contribution in [0.1, 0.15) is 5.56 Å². The van der Waals surface area contributed by atoms with E-state index in [1.165, 1.54) is 28.1 Å². The maximum atomic E-state index is 12.8. The van der Waals surface area contributed by atoms with Crippen LogP contribution in [-0.4, -0.2) is 60.6 Å². The third kappa shape index (κ3) is 3.29. The van der Waals surface area contributed by atoms with E-state index >= 15 is 0 Å². The number of aromatic nitrogens is 4. The van der Waals surface area contributed by atoms with Crippen molar-refractivity contribution >= 4 is 28.4 Å². The predicted molar refractivity (Wildman–Crippen MR) is 106 cm³/mol. The number of carbonyl (C=O) groups excluding carboxylic acids is 1. The number of hydrogen-bond acceptors (Lipinski definition) is 6. The summed E-state index contributed by atoms with van der Waals surface area (Å²) in [5.41, 5.74) is 0.992. The number of aryl methyl sites for hydroxylation is 1. The summed E-state index contributed by atoms with van der Waals surface area (Å²) in [5, 5.41) is 4.22. The van der Waals surface area contributed by atoms with Crippen molar-refractivity contribution < 1.29 is 4.79 Å². The summed E-state index contributed by atoms with van der Waals surface area (Å²) in [7, 11) is 2.99. The Kier molecular flexibility index (Phi) is 4.90. The van der Waals surface area contributed by atoms with Gasteiger partial charge >= 0.3 is 5.69 Å². The van der Waals surface area contributed by atoms with Gasteiger partial charge in [-0.25, -0.2) is 9.78 Å². The van der Waals surface area contributed by atoms with Crippen molar-refractivity contribution in [2.24, 2.45) is 14.1 Å². The van der Waals surface area contributed by atoms with Crippen LogP contribution in [0.4, 0.5) is 0 Å². The van der Waals surface area contributed by atoms with E-state index in [0.29, 0.717) is 18.7 Å². The monoisotopic (exact) mass is 402 g/mol. The van der Waals surface area contributed by atoms with Gasteiger partial charge in [0.2, 0.25) is 5.91 Å². The molecular formula is C18H22N6O3S. The normalized spacial score (nSPS) is 15.4. The van der Waals surface area contributed by atoms with Gasteiger partial charge in [0, 0.05) is 46.8 Å². The maximum absolute atomic E-state index is 12.8. The van der Waals surface area contributed by atoms with Crippen LogP contribution < -0.4 is 11.2 Å². The quantitative estimate of drug-likeness (QED) is 0.605. The zero-order valence-electron chi connectivity index (χ0n) is 15.9. The van der Waals surface area contributed by atoms with Crippen LogP contribution in [0, 0.1) is 0 Å². The van der Waals surface area contributed by atoms with Gasteiger partial charge in [-0.3, -0.25) is 23.6 Å². The Bertz CT molecular complexity index is 1120. The first-order valence-corrected chi connectivity index (χ1v) is 10.0. The predicted octanol–water partition coefficient (Wildman–Crippen LogP) is -0.160. The molecule has 1 aliphatic rings. The smallest absolute Gasteiger partial charge is 0.332 e. The molecule has 1 fully saturated rings. The fourth-order valence-corrected chi connectivity index (χ4v) is 4.22. The van der Waals surface area contributed by atoms with Crippen LogP contribution in [0.2, 0.25) is 0 Å². The van der Waals surface area contributed by atoms with Crippen LogP contribution in [0.25, 0.3) is 11.2 Å². The maximum Gasteiger partial charge on any atom is 0.332 e. The van der Waals surface area contributed by atoms with E-state index in [-0.39, 0.29) is 18.0 Å². The summed E-state index contributed by atoms with van der Waals surface area (Å²) in [6, 6.07) is 2.13. The average molecular weight is 402 g/mol. The lowest BCUT2D eigenvalue weighted by molar-refractivity contribution is -0.133. The number of thiophene rings is 1. The van der Waals surface area contributed by atoms with Crippen molar-refractivity contribution in [3.8, 4) is 0 Å². The van der Waals surface area contributed by atoms with Gasteiger partial charge in [-0.15, -0.1) is 0 Å². The summed E-state index contributed by atoms with van der Waals surface area (Å²) in [6.07, 6.45) is 1.45. The minimum absolute atomic E-state index is 0.0362. The molecule has 3 aromatic heterocycles. The average Bonchev–Trinajstić information content (AvgIpc) is 3.35. The summed E-state index contributed by atoms with van der Waals surface area (Å²) < 4.78 is 3.90. The summed E-state index contributed by atoms with van der Waals surface area (Å²) >= 11 is 1.69. The highest BCUT2D eigenvalue weighted by Gasteiger charge is 2.23. The molecule has 0 N–H and O–H groups in total. The van der Waals surface area contributed by atoms with Gasteiger partial charge in [0.05, 0.1) is 6.33 Å². The van der Waals surface area contributed by atoms with Crippen LogP contribution in [0.5, 0.6) is 0 Å². The van der Waals surface area contributed by atoms with E-state index in [4.69, 9.17) is 0 Å². The van der Waals surface area contributed by atoms with Crippen molar-refractivity contribution in [2.75, 3.05) is 26.2 Å². The lowest BCUT2D eigenvalue weighted by Crippen LogP contribution is -2.49. The molecule has 0 aromatic carbocycles. The van der Waals surface area contributed by atoms with Gasteiger partial charge < -0.3 is 9.47 Å². The van der Waals surface area contributed by atoms with Crippen LogP contribution in [0.3, 0.4) is 0 Å². The number of amides is 1. The molecular weight excluding hydrogens is 380 g/mol. The molecule has 0 bridgehead atoms. The van der Waals surface area contributed by atoms with Crippen molar-refractivity contribution in [1.82, 2.24) is 28.5 Å². The SMILES string of the molecule is Cn1c(=O)c2c(ncn2CC(=O)N2CCN(Cc3ccsc3)CC2)n(C)c1=O. The number of hydrogen-bond donors (Lipinski definition) is 0. The summed E-state index contributed by atoms with van der Waals surface area (Å²) in [6.45, 7) is 3.90. The van der Waals surface area contributed by atoms with Crippen LogP contribution in [0.15, 0.2) is 32.7 Å². The van der Waals surface area contributed by atoms with Gasteiger partial charge in [-0.05, 0) is 22.4 Å². The third-order valence-corrected chi connectivity index (χ3v) is 5.97. The third-order valence-electron chi connectivity index (χ3n) is 5.23. The second kappa shape index (κ2) is 7.36. The molecule has 1 aliphatic heterocycles. The van der Waals surface area contributed by atoms with Crippen molar-refractivity contribution in [1.29, 1.82) is 0 Å². The topological polar surface area (TPSA) is 85.4 Å². The highest BCUT2D eigenvalue weighted by Crippen LogP contribution is 2.12. The summed E-state index contributed by atoms with van der Waals surface area (Å²) in [4.78, 5) is 45.6. The Morgan fingerprint density at radius 2 is 1.89 bits per heavy atom. The number of carbonyl (C=O) groups is 1. The number of nitrogens with zero attached hydrogens (tertiary/aromatic N) is 6. The van der Waals surface area contributed by atoms with E-state index in [0.717, 1.165) is 24.2 Å². The van der Waals surface area contributed by atoms with E-state index in [1.54, 1.807) is 18.4 Å². The first-order valence-electron chi connectivity index (χ1n) is 9.08. The molecule has 4 rings (SSSR count). The minimum atomic E-state index is -0.441. The molecule has 148 valence electrons. The van der Waals surface area contributed by atoms with Gasteiger partial charge in [0.15, 0.2) is 11.2 Å². The molecule has 4 heterocycles. The van der Waals surface area contributed by atoms with Gasteiger partial charge in [0.1, 0.15) is 6.54 Å². The molecule has 28 heavy (non-hydrogen) atoms. The second-order valence-electron chi connectivity index (χ2n) is 7.04. The van der Waals surface area contributed by atoms with E-state index in [9.17, 15) is 14.4 Å². The molecule has 3 aromatic rings. The zero-order valence-corrected chi connectivity index (χ0v) is 16.7. The summed E-state index contributed by atoms with van der Waals surface area (Å²) in [5.74, 6) is -0.0506. The lowest BCUT2D eigenvalue weighted by atomic mass is 10.2. The molecule has 0 atom stereocenters. The van der Waals surface area contributed by atoms with Crippen LogP contribution >= 0.6 is 11.3 Å². The number of fused-ring (bicyclic) bond motifs is 1. The van der Waals surface area contributed by atoms with E-state index < -0.39 is 11.2 Å². The Labute approximate surface area is 165 Å². The lowest BCUT2D eigenvalue weighted by Gasteiger charge is -2.34. The molecule has 0 radical (unpaired) electrons. The van der Waals surface area contributed by atoms with Crippen molar-refractivity contribution in [2.45, 2.75) is 13.1 Å². The number of rotatable bonds is 4. The highest BCUT2D eigenvalue weighted by molar-refractivity contribution is 7.07. The molecule has 9 nitrogen and oxygen atoms in total. The fourth-order valence-electron chi connectivity index (χ4n) is 3.56. The number of piperazine rings is 1. The van der Waals surface area contributed by atoms with Gasteiger partial charge in [-0.2, -0.15) is 11.3 Å². The molecule has 0 unspecified atom stereocenters. The standard InChI is InChI=1S/C18H22N6O3S/c1-20-16-15(17(26)21(2)18(20)27)24(12-19-16)10-14(25)23-6-4-22(5-7-23)9-13-3-8-28-11-13/h3,8,11-12H,4-7,9-10H2,1-2H3. The van der Waals surface area contributed by atoms with E-state index in [2.05, 4.69) is 26.7 Å². The zero-order chi connectivity index (χ0) is 19.8. The van der Waals surface area contributed by atoms with Crippen molar-refractivity contribution in [3.63, 3.8) is 0 Å². The molecule has 0 saturated carbocycles. The largest absolute Gasteiger partial charge is 0.339 e. The first-order chi connectivity index (χ1) is 13.5. The molecule has 1 amide bonds. The van der Waals surface area contributed by atoms with Gasteiger partial charge in [0.25, 0.3) is 5.56 Å². The van der Waals surface area contributed by atoms with E-state index in [1.807, 2.05) is 4.90 Å². The second-order valence-corrected chi connectivity index (χ2v) is 7.82. The van der Waals surface area contributed by atoms with Gasteiger partial charge in [-0.1, -0.05) is 0 Å². The fraction of sp³-hybridized carbons (Fsp3) is 0.444. The molecule has 10 heteroatoms. The van der Waals surface area contributed by atoms with Crippen LogP contribution in [-0.2, 0) is 32.0 Å². The Morgan fingerprint density at radius 3 is 2.57 bits per heavy atom.